The average molecular weight is 690 g/mol. The number of hydrogen-bond acceptors (Lipinski definition) is 7. The van der Waals surface area contributed by atoms with E-state index in [2.05, 4.69) is 10.3 Å². The van der Waals surface area contributed by atoms with Crippen molar-refractivity contribution in [1.82, 2.24) is 24.4 Å². The van der Waals surface area contributed by atoms with Crippen LogP contribution >= 0.6 is 22.9 Å². The summed E-state index contributed by atoms with van der Waals surface area (Å²) in [6, 6.07) is 13.5. The Hall–Kier alpha value is -3.03. The number of aryl methyl sites for hydroxylation is 1. The Balaban J connectivity index is 1.56. The van der Waals surface area contributed by atoms with E-state index in [-0.39, 0.29) is 42.3 Å². The van der Waals surface area contributed by atoms with Crippen molar-refractivity contribution in [2.24, 2.45) is 11.8 Å². The van der Waals surface area contributed by atoms with Crippen LogP contribution in [0.3, 0.4) is 0 Å². The topological polar surface area (TPSA) is 123 Å². The van der Waals surface area contributed by atoms with Gasteiger partial charge in [0.25, 0.3) is 0 Å². The van der Waals surface area contributed by atoms with E-state index in [1.807, 2.05) is 70.3 Å². The molecule has 0 radical (unpaired) electrons. The predicted octanol–water partition coefficient (Wildman–Crippen LogP) is 4.80. The van der Waals surface area contributed by atoms with Gasteiger partial charge in [0.2, 0.25) is 15.9 Å². The maximum atomic E-state index is 14.0. The molecule has 0 unspecified atom stereocenters. The van der Waals surface area contributed by atoms with Crippen LogP contribution in [-0.4, -0.2) is 88.9 Å². The molecule has 2 heterocycles. The fourth-order valence-corrected chi connectivity index (χ4v) is 8.03. The molecule has 1 saturated heterocycles. The monoisotopic (exact) mass is 689 g/mol. The van der Waals surface area contributed by atoms with Crippen molar-refractivity contribution in [3.63, 3.8) is 0 Å². The number of halogens is 1. The lowest BCUT2D eigenvalue weighted by atomic mass is 9.97. The molecule has 13 heteroatoms. The number of urea groups is 1. The molecule has 1 aromatic heterocycles. The zero-order valence-corrected chi connectivity index (χ0v) is 29.4. The van der Waals surface area contributed by atoms with Gasteiger partial charge in [0.15, 0.2) is 0 Å². The van der Waals surface area contributed by atoms with E-state index < -0.39 is 34.1 Å². The Kier molecular flexibility index (Phi) is 12.2. The van der Waals surface area contributed by atoms with Crippen LogP contribution in [-0.2, 0) is 27.8 Å². The third kappa shape index (κ3) is 9.07. The number of benzene rings is 2. The van der Waals surface area contributed by atoms with Crippen molar-refractivity contribution in [2.75, 3.05) is 26.2 Å². The second-order valence-corrected chi connectivity index (χ2v) is 15.9. The number of carbonyl (C=O) groups excluding carboxylic acids is 2. The number of aromatic nitrogens is 1. The summed E-state index contributed by atoms with van der Waals surface area (Å²) in [5.41, 5.74) is 1.68. The molecule has 2 aromatic carbocycles. The summed E-state index contributed by atoms with van der Waals surface area (Å²) in [5, 5.41) is 18.0. The minimum atomic E-state index is -3.98. The van der Waals surface area contributed by atoms with Gasteiger partial charge in [-0.25, -0.2) is 18.2 Å². The molecule has 2 N–H and O–H groups in total. The summed E-state index contributed by atoms with van der Waals surface area (Å²) in [7, 11) is -3.98. The van der Waals surface area contributed by atoms with E-state index in [0.29, 0.717) is 24.7 Å². The molecule has 3 aromatic rings. The van der Waals surface area contributed by atoms with Crippen molar-refractivity contribution in [3.8, 4) is 0 Å². The largest absolute Gasteiger partial charge is 0.390 e. The van der Waals surface area contributed by atoms with Crippen molar-refractivity contribution >= 4 is 44.9 Å². The lowest BCUT2D eigenvalue weighted by Gasteiger charge is -2.34. The minimum absolute atomic E-state index is 0.0286. The second-order valence-electron chi connectivity index (χ2n) is 12.5. The van der Waals surface area contributed by atoms with Gasteiger partial charge in [0.05, 0.1) is 34.3 Å². The molecule has 1 fully saturated rings. The zero-order chi connectivity index (χ0) is 33.6. The molecule has 0 spiro atoms. The van der Waals surface area contributed by atoms with Gasteiger partial charge in [-0.05, 0) is 55.0 Å². The molecule has 0 bridgehead atoms. The molecule has 3 amide bonds. The first-order chi connectivity index (χ1) is 21.8. The molecule has 46 heavy (non-hydrogen) atoms. The number of hydrogen-bond donors (Lipinski definition) is 2. The minimum Gasteiger partial charge on any atom is -0.390 e. The SMILES string of the molecule is Cc1nc(CN2CCN([C@H](C(=O)N[C@@H](Cc3ccccc3)[C@H](O)CN(CC(C)C)S(=O)(=O)c3ccc(Cl)cc3)C(C)C)C2=O)cs1. The van der Waals surface area contributed by atoms with E-state index >= 15 is 0 Å². The molecular formula is C33H44ClN5O5S2. The second kappa shape index (κ2) is 15.7. The lowest BCUT2D eigenvalue weighted by Crippen LogP contribution is -2.57. The molecule has 1 aliphatic heterocycles. The van der Waals surface area contributed by atoms with Gasteiger partial charge in [0, 0.05) is 36.6 Å². The number of aliphatic hydroxyl groups excluding tert-OH is 1. The maximum absolute atomic E-state index is 14.0. The summed E-state index contributed by atoms with van der Waals surface area (Å²) in [4.78, 5) is 35.3. The highest BCUT2D eigenvalue weighted by Crippen LogP contribution is 2.23. The summed E-state index contributed by atoms with van der Waals surface area (Å²) in [6.45, 7) is 10.6. The molecule has 250 valence electrons. The number of thiazole rings is 1. The zero-order valence-electron chi connectivity index (χ0n) is 27.0. The number of rotatable bonds is 15. The smallest absolute Gasteiger partial charge is 0.321 e. The number of amides is 3. The van der Waals surface area contributed by atoms with Crippen LogP contribution in [0.15, 0.2) is 64.9 Å². The Morgan fingerprint density at radius 2 is 1.74 bits per heavy atom. The van der Waals surface area contributed by atoms with Crippen LogP contribution in [0.5, 0.6) is 0 Å². The predicted molar refractivity (Wildman–Crippen MR) is 181 cm³/mol. The Labute approximate surface area is 281 Å². The number of aliphatic hydroxyl groups is 1. The first kappa shape index (κ1) is 35.8. The summed E-state index contributed by atoms with van der Waals surface area (Å²) in [6.07, 6.45) is -0.991. The highest BCUT2D eigenvalue weighted by Gasteiger charge is 2.40. The van der Waals surface area contributed by atoms with E-state index in [0.717, 1.165) is 16.3 Å². The van der Waals surface area contributed by atoms with Crippen LogP contribution in [0, 0.1) is 18.8 Å². The quantitative estimate of drug-likeness (QED) is 0.236. The van der Waals surface area contributed by atoms with E-state index in [9.17, 15) is 23.1 Å². The van der Waals surface area contributed by atoms with Gasteiger partial charge in [-0.15, -0.1) is 11.3 Å². The van der Waals surface area contributed by atoms with E-state index in [1.165, 1.54) is 39.9 Å². The lowest BCUT2D eigenvalue weighted by molar-refractivity contribution is -0.128. The third-order valence-corrected chi connectivity index (χ3v) is 10.8. The summed E-state index contributed by atoms with van der Waals surface area (Å²) < 4.78 is 28.7. The van der Waals surface area contributed by atoms with E-state index in [4.69, 9.17) is 11.6 Å². The van der Waals surface area contributed by atoms with Crippen molar-refractivity contribution in [3.05, 3.63) is 81.3 Å². The molecule has 3 atom stereocenters. The van der Waals surface area contributed by atoms with Gasteiger partial charge in [-0.3, -0.25) is 4.79 Å². The Morgan fingerprint density at radius 3 is 2.33 bits per heavy atom. The van der Waals surface area contributed by atoms with Gasteiger partial charge in [-0.2, -0.15) is 4.31 Å². The summed E-state index contributed by atoms with van der Waals surface area (Å²) in [5.74, 6) is -0.646. The molecule has 10 nitrogen and oxygen atoms in total. The highest BCUT2D eigenvalue weighted by atomic mass is 35.5. The van der Waals surface area contributed by atoms with Crippen LogP contribution in [0.2, 0.25) is 5.02 Å². The van der Waals surface area contributed by atoms with Crippen molar-refractivity contribution in [2.45, 2.75) is 70.7 Å². The van der Waals surface area contributed by atoms with Gasteiger partial charge in [-0.1, -0.05) is 69.6 Å². The third-order valence-electron chi connectivity index (χ3n) is 7.88. The first-order valence-electron chi connectivity index (χ1n) is 15.5. The average Bonchev–Trinajstić information content (AvgIpc) is 3.57. The first-order valence-corrected chi connectivity index (χ1v) is 18.2. The van der Waals surface area contributed by atoms with Gasteiger partial charge < -0.3 is 20.2 Å². The van der Waals surface area contributed by atoms with Crippen LogP contribution in [0.25, 0.3) is 0 Å². The fourth-order valence-electron chi connectivity index (χ4n) is 5.68. The highest BCUT2D eigenvalue weighted by molar-refractivity contribution is 7.89. The molecule has 1 aliphatic rings. The molecule has 0 saturated carbocycles. The van der Waals surface area contributed by atoms with E-state index in [1.54, 1.807) is 9.80 Å². The number of sulfonamides is 1. The maximum Gasteiger partial charge on any atom is 0.321 e. The summed E-state index contributed by atoms with van der Waals surface area (Å²) >= 11 is 7.53. The normalized spacial score (nSPS) is 16.0. The number of carbonyl (C=O) groups is 2. The van der Waals surface area contributed by atoms with Crippen LogP contribution in [0.1, 0.15) is 44.0 Å². The van der Waals surface area contributed by atoms with Crippen LogP contribution < -0.4 is 5.32 Å². The number of nitrogens with one attached hydrogen (secondary N) is 1. The molecule has 4 rings (SSSR count). The Bertz CT molecular complexity index is 1570. The molecular weight excluding hydrogens is 646 g/mol. The standard InChI is InChI=1S/C33H44ClN5O5S2/c1-22(2)18-38(46(43,44)28-13-11-26(34)12-14-28)20-30(40)29(17-25-9-7-6-8-10-25)36-32(41)31(23(3)4)39-16-15-37(33(39)42)19-27-21-45-24(5)35-27/h6-14,21-23,29-31,40H,15-20H2,1-5H3,(H,36,41)/t29-,30+,31-/m0/s1. The number of nitrogens with zero attached hydrogens (tertiary/aromatic N) is 4. The van der Waals surface area contributed by atoms with Crippen molar-refractivity contribution in [1.29, 1.82) is 0 Å². The van der Waals surface area contributed by atoms with Crippen LogP contribution in [0.4, 0.5) is 4.79 Å². The molecule has 0 aliphatic carbocycles. The fraction of sp³-hybridized carbons (Fsp3) is 0.485. The van der Waals surface area contributed by atoms with Gasteiger partial charge in [0.1, 0.15) is 6.04 Å². The van der Waals surface area contributed by atoms with Gasteiger partial charge >= 0.3 is 6.03 Å². The van der Waals surface area contributed by atoms with Crippen molar-refractivity contribution < 1.29 is 23.1 Å². The Morgan fingerprint density at radius 1 is 1.07 bits per heavy atom.